The number of hydrogen-bond donors (Lipinski definition) is 4. The number of aliphatic hydroxyl groups excluding tert-OH is 2. The van der Waals surface area contributed by atoms with Crippen LogP contribution in [0.5, 0.6) is 0 Å². The van der Waals surface area contributed by atoms with Crippen molar-refractivity contribution in [1.82, 2.24) is 19.1 Å². The van der Waals surface area contributed by atoms with E-state index in [1.165, 1.54) is 27.1 Å². The Morgan fingerprint density at radius 1 is 1.29 bits per heavy atom. The van der Waals surface area contributed by atoms with Crippen molar-refractivity contribution in [3.63, 3.8) is 0 Å². The average molecular weight is 497 g/mol. The molecular weight excluding hydrogens is 472 g/mol. The van der Waals surface area contributed by atoms with Gasteiger partial charge in [-0.15, -0.1) is 11.8 Å². The molecule has 0 unspecified atom stereocenters. The van der Waals surface area contributed by atoms with E-state index in [1.807, 2.05) is 0 Å². The van der Waals surface area contributed by atoms with Gasteiger partial charge in [0.15, 0.2) is 0 Å². The van der Waals surface area contributed by atoms with Gasteiger partial charge >= 0.3 is 11.4 Å². The molecule has 4 rings (SSSR count). The van der Waals surface area contributed by atoms with E-state index < -0.39 is 35.3 Å². The van der Waals surface area contributed by atoms with Gasteiger partial charge in [0.2, 0.25) is 0 Å². The third-order valence-corrected chi connectivity index (χ3v) is 6.19. The molecular formula is C18H24N8O7S. The number of azide groups is 1. The summed E-state index contributed by atoms with van der Waals surface area (Å²) in [5, 5.41) is 21.5. The summed E-state index contributed by atoms with van der Waals surface area (Å²) >= 11 is 1.47. The molecule has 2 aliphatic rings. The van der Waals surface area contributed by atoms with Gasteiger partial charge in [-0.3, -0.25) is 18.9 Å². The third-order valence-electron chi connectivity index (χ3n) is 5.08. The summed E-state index contributed by atoms with van der Waals surface area (Å²) in [6.07, 6.45) is 1.51. The first-order chi connectivity index (χ1) is 16.3. The fourth-order valence-electron chi connectivity index (χ4n) is 3.37. The summed E-state index contributed by atoms with van der Waals surface area (Å²) in [4.78, 5) is 42.9. The van der Waals surface area contributed by atoms with E-state index in [2.05, 4.69) is 20.0 Å². The minimum Gasteiger partial charge on any atom is -0.394 e. The second-order valence-electron chi connectivity index (χ2n) is 7.38. The normalized spacial score (nSPS) is 25.9. The Labute approximate surface area is 195 Å². The second-order valence-corrected chi connectivity index (χ2v) is 8.57. The van der Waals surface area contributed by atoms with Crippen molar-refractivity contribution in [2.24, 2.45) is 5.11 Å². The maximum absolute atomic E-state index is 11.7. The van der Waals surface area contributed by atoms with Gasteiger partial charge in [0.1, 0.15) is 23.7 Å². The summed E-state index contributed by atoms with van der Waals surface area (Å²) in [6, 6.07) is 1.00. The van der Waals surface area contributed by atoms with Crippen LogP contribution in [0.25, 0.3) is 10.4 Å². The predicted molar refractivity (Wildman–Crippen MR) is 121 cm³/mol. The Kier molecular flexibility index (Phi) is 8.49. The third kappa shape index (κ3) is 5.85. The van der Waals surface area contributed by atoms with Crippen LogP contribution >= 0.6 is 11.8 Å². The van der Waals surface area contributed by atoms with E-state index in [4.69, 9.17) is 31.0 Å². The highest BCUT2D eigenvalue weighted by atomic mass is 32.2. The van der Waals surface area contributed by atoms with Crippen LogP contribution in [0, 0.1) is 6.92 Å². The highest BCUT2D eigenvalue weighted by Crippen LogP contribution is 2.30. The first-order valence-corrected chi connectivity index (χ1v) is 11.2. The number of ether oxygens (including phenoxy) is 2. The number of thioether (sulfide) groups is 1. The average Bonchev–Trinajstić information content (AvgIpc) is 3.44. The molecule has 0 aliphatic carbocycles. The molecule has 34 heavy (non-hydrogen) atoms. The number of nitrogens with zero attached hydrogens (tertiary/aromatic N) is 6. The quantitative estimate of drug-likeness (QED) is 0.229. The lowest BCUT2D eigenvalue weighted by atomic mass is 10.1. The number of nitrogens with two attached hydrogens (primary N) is 1. The molecule has 2 saturated heterocycles. The Bertz CT molecular complexity index is 1220. The number of aromatic nitrogens is 4. The molecule has 2 fully saturated rings. The lowest BCUT2D eigenvalue weighted by molar-refractivity contribution is -0.0271. The molecule has 2 aromatic rings. The van der Waals surface area contributed by atoms with Crippen molar-refractivity contribution in [3.05, 3.63) is 65.8 Å². The lowest BCUT2D eigenvalue weighted by Crippen LogP contribution is -2.33. The van der Waals surface area contributed by atoms with Crippen molar-refractivity contribution >= 4 is 17.6 Å². The Morgan fingerprint density at radius 2 is 2.06 bits per heavy atom. The molecule has 0 bridgehead atoms. The number of nitrogens with one attached hydrogen (secondary N) is 1. The first-order valence-electron chi connectivity index (χ1n) is 10.1. The molecule has 16 heteroatoms. The summed E-state index contributed by atoms with van der Waals surface area (Å²) in [7, 11) is 0. The molecule has 4 heterocycles. The van der Waals surface area contributed by atoms with Crippen LogP contribution < -0.4 is 22.7 Å². The summed E-state index contributed by atoms with van der Waals surface area (Å²) in [6.45, 7) is 1.20. The predicted octanol–water partition coefficient (Wildman–Crippen LogP) is -0.790. The molecule has 2 aromatic heterocycles. The molecule has 0 amide bonds. The van der Waals surface area contributed by atoms with Crippen molar-refractivity contribution in [2.45, 2.75) is 43.4 Å². The molecule has 2 aliphatic heterocycles. The molecule has 0 aromatic carbocycles. The zero-order valence-electron chi connectivity index (χ0n) is 18.1. The number of aryl methyl sites for hydroxylation is 1. The second kappa shape index (κ2) is 11.3. The molecule has 5 N–H and O–H groups in total. The number of aromatic amines is 1. The maximum atomic E-state index is 11.7. The van der Waals surface area contributed by atoms with Crippen molar-refractivity contribution in [1.29, 1.82) is 0 Å². The lowest BCUT2D eigenvalue weighted by Gasteiger charge is -2.14. The molecule has 0 spiro atoms. The van der Waals surface area contributed by atoms with Crippen molar-refractivity contribution in [2.75, 3.05) is 24.7 Å². The molecule has 5 atom stereocenters. The first kappa shape index (κ1) is 25.5. The van der Waals surface area contributed by atoms with Gasteiger partial charge in [-0.2, -0.15) is 4.98 Å². The van der Waals surface area contributed by atoms with Crippen molar-refractivity contribution in [3.8, 4) is 0 Å². The highest BCUT2D eigenvalue weighted by molar-refractivity contribution is 8.00. The number of nitrogen functional groups attached to an aromatic ring is 1. The van der Waals surface area contributed by atoms with E-state index in [1.54, 1.807) is 19.2 Å². The maximum Gasteiger partial charge on any atom is 0.351 e. The van der Waals surface area contributed by atoms with E-state index >= 15 is 0 Å². The van der Waals surface area contributed by atoms with Gasteiger partial charge in [-0.25, -0.2) is 9.59 Å². The van der Waals surface area contributed by atoms with Crippen LogP contribution in [0.15, 0.2) is 38.0 Å². The van der Waals surface area contributed by atoms with Gasteiger partial charge in [0.05, 0.1) is 25.4 Å². The van der Waals surface area contributed by atoms with Crippen LogP contribution in [0.4, 0.5) is 5.82 Å². The monoisotopic (exact) mass is 496 g/mol. The number of H-pyrrole nitrogens is 1. The standard InChI is InChI=1S/C10H13N5O4.C8H11N3O3S/c1-5-3-15(10(18)12-9(5)17)8-2-6(13-14-11)7(4-16)19-8;9-5-1-2-11(8(13)10-5)6-4-15-7(3-12)14-6/h3,6-8,16H,2,4H2,1H3,(H,12,17,18);1-2,6-7,12H,3-4H2,(H2,9,10,13)/t6-,7+,8+;6-,7+/m00/s1. The minimum atomic E-state index is -0.671. The van der Waals surface area contributed by atoms with Crippen LogP contribution in [0.2, 0.25) is 0 Å². The van der Waals surface area contributed by atoms with Crippen LogP contribution in [0.3, 0.4) is 0 Å². The topological polar surface area (TPSA) is 223 Å². The van der Waals surface area contributed by atoms with E-state index in [9.17, 15) is 14.4 Å². The smallest absolute Gasteiger partial charge is 0.351 e. The molecule has 184 valence electrons. The Hall–Kier alpha value is -3.14. The van der Waals surface area contributed by atoms with Gasteiger partial charge in [0, 0.05) is 35.0 Å². The fraction of sp³-hybridized carbons (Fsp3) is 0.556. The Morgan fingerprint density at radius 3 is 2.68 bits per heavy atom. The minimum absolute atomic E-state index is 0.0572. The zero-order chi connectivity index (χ0) is 24.8. The van der Waals surface area contributed by atoms with Crippen LogP contribution in [-0.4, -0.2) is 65.9 Å². The van der Waals surface area contributed by atoms with Crippen molar-refractivity contribution < 1.29 is 19.7 Å². The van der Waals surface area contributed by atoms with Gasteiger partial charge < -0.3 is 25.4 Å². The largest absolute Gasteiger partial charge is 0.394 e. The summed E-state index contributed by atoms with van der Waals surface area (Å²) < 4.78 is 13.5. The van der Waals surface area contributed by atoms with E-state index in [0.717, 1.165) is 0 Å². The van der Waals surface area contributed by atoms with Gasteiger partial charge in [0.25, 0.3) is 5.56 Å². The Balaban J connectivity index is 0.000000196. The van der Waals surface area contributed by atoms with Gasteiger partial charge in [-0.1, -0.05) is 5.11 Å². The summed E-state index contributed by atoms with van der Waals surface area (Å²) in [5.41, 5.74) is 12.4. The number of anilines is 1. The molecule has 0 radical (unpaired) electrons. The van der Waals surface area contributed by atoms with E-state index in [-0.39, 0.29) is 37.1 Å². The molecule has 15 nitrogen and oxygen atoms in total. The molecule has 0 saturated carbocycles. The van der Waals surface area contributed by atoms with E-state index in [0.29, 0.717) is 11.3 Å². The SMILES string of the molecule is Cc1cn([C@H]2C[C@H](N=[N+]=[N-])[C@@H](CO)O2)c(=O)[nH]c1=O.Nc1ccn([C@@H]2CS[C@H](CO)O2)c(=O)n1. The van der Waals surface area contributed by atoms with Crippen LogP contribution in [-0.2, 0) is 9.47 Å². The summed E-state index contributed by atoms with van der Waals surface area (Å²) in [5.74, 6) is 0.817. The number of aliphatic hydroxyl groups is 2. The highest BCUT2D eigenvalue weighted by Gasteiger charge is 2.35. The zero-order valence-corrected chi connectivity index (χ0v) is 18.9. The van der Waals surface area contributed by atoms with Crippen LogP contribution in [0.1, 0.15) is 24.4 Å². The number of hydrogen-bond acceptors (Lipinski definition) is 11. The fourth-order valence-corrected chi connectivity index (χ4v) is 4.30. The van der Waals surface area contributed by atoms with Gasteiger partial charge in [-0.05, 0) is 18.5 Å². The number of rotatable bonds is 5.